The number of hydrogen-bond donors (Lipinski definition) is 0. The van der Waals surface area contributed by atoms with Crippen LogP contribution < -0.4 is 9.64 Å². The number of rotatable bonds is 7. The Bertz CT molecular complexity index is 1130. The van der Waals surface area contributed by atoms with E-state index < -0.39 is 39.4 Å². The van der Waals surface area contributed by atoms with Crippen molar-refractivity contribution in [2.24, 2.45) is 0 Å². The van der Waals surface area contributed by atoms with E-state index >= 15 is 0 Å². The zero-order valence-electron chi connectivity index (χ0n) is 18.4. The highest BCUT2D eigenvalue weighted by molar-refractivity contribution is 7.89. The number of nitrogens with zero attached hydrogens (tertiary/aromatic N) is 2. The highest BCUT2D eigenvalue weighted by atomic mass is 32.2. The van der Waals surface area contributed by atoms with Gasteiger partial charge in [-0.1, -0.05) is 25.1 Å². The lowest BCUT2D eigenvalue weighted by molar-refractivity contribution is -0.132. The van der Waals surface area contributed by atoms with Gasteiger partial charge in [0.1, 0.15) is 11.8 Å². The fraction of sp³-hybridized carbons (Fsp3) is 0.348. The smallest absolute Gasteiger partial charge is 0.308 e. The van der Waals surface area contributed by atoms with Crippen LogP contribution >= 0.6 is 0 Å². The third-order valence-corrected chi connectivity index (χ3v) is 7.66. The summed E-state index contributed by atoms with van der Waals surface area (Å²) in [5.74, 6) is -1.33. The van der Waals surface area contributed by atoms with Crippen LogP contribution in [0.1, 0.15) is 40.5 Å². The second-order valence-electron chi connectivity index (χ2n) is 8.15. The highest BCUT2D eigenvalue weighted by Crippen LogP contribution is 2.36. The summed E-state index contributed by atoms with van der Waals surface area (Å²) in [6, 6.07) is 12.6. The van der Waals surface area contributed by atoms with Gasteiger partial charge in [-0.25, -0.2) is 13.3 Å². The third-order valence-electron chi connectivity index (χ3n) is 5.52. The van der Waals surface area contributed by atoms with Crippen molar-refractivity contribution in [2.75, 3.05) is 4.90 Å². The fourth-order valence-electron chi connectivity index (χ4n) is 3.68. The van der Waals surface area contributed by atoms with Crippen LogP contribution in [0.25, 0.3) is 0 Å². The number of ether oxygens (including phenoxy) is 1. The predicted molar refractivity (Wildman–Crippen MR) is 118 cm³/mol. The SMILES string of the molecule is CCC(C)(C)N(C1CC(=O)N(c2ccc(OC(C)=O)cc2)C1=O)S(=O)(=O)c1ccccc1. The van der Waals surface area contributed by atoms with Gasteiger partial charge in [-0.2, -0.15) is 4.31 Å². The third kappa shape index (κ3) is 4.44. The molecule has 1 aliphatic heterocycles. The van der Waals surface area contributed by atoms with E-state index in [0.717, 1.165) is 4.90 Å². The summed E-state index contributed by atoms with van der Waals surface area (Å²) in [6.45, 7) is 6.58. The fourth-order valence-corrected chi connectivity index (χ4v) is 5.68. The summed E-state index contributed by atoms with van der Waals surface area (Å²) in [7, 11) is -4.06. The first kappa shape index (κ1) is 23.6. The summed E-state index contributed by atoms with van der Waals surface area (Å²) in [4.78, 5) is 38.4. The maximum atomic E-state index is 13.6. The molecule has 0 radical (unpaired) electrons. The number of esters is 1. The molecular weight excluding hydrogens is 432 g/mol. The molecule has 0 spiro atoms. The number of amides is 2. The van der Waals surface area contributed by atoms with Crippen LogP contribution in [0.5, 0.6) is 5.75 Å². The van der Waals surface area contributed by atoms with Crippen molar-refractivity contribution in [3.8, 4) is 5.75 Å². The molecule has 0 saturated carbocycles. The standard InChI is InChI=1S/C23H26N2O6S/c1-5-23(3,4)25(32(29,30)19-9-7-6-8-10-19)20-15-21(27)24(22(20)28)17-11-13-18(14-12-17)31-16(2)26/h6-14,20H,5,15H2,1-4H3. The molecule has 32 heavy (non-hydrogen) atoms. The minimum Gasteiger partial charge on any atom is -0.427 e. The van der Waals surface area contributed by atoms with Gasteiger partial charge >= 0.3 is 5.97 Å². The summed E-state index contributed by atoms with van der Waals surface area (Å²) in [5.41, 5.74) is -0.630. The molecule has 0 bridgehead atoms. The van der Waals surface area contributed by atoms with Crippen LogP contribution in [0, 0.1) is 0 Å². The molecule has 9 heteroatoms. The molecule has 1 saturated heterocycles. The lowest BCUT2D eigenvalue weighted by Gasteiger charge is -2.39. The maximum absolute atomic E-state index is 13.6. The predicted octanol–water partition coefficient (Wildman–Crippen LogP) is 3.12. The van der Waals surface area contributed by atoms with Crippen LogP contribution in [0.3, 0.4) is 0 Å². The number of hydrogen-bond acceptors (Lipinski definition) is 6. The van der Waals surface area contributed by atoms with Crippen molar-refractivity contribution in [3.63, 3.8) is 0 Å². The topological polar surface area (TPSA) is 101 Å². The lowest BCUT2D eigenvalue weighted by Crippen LogP contribution is -2.55. The molecule has 170 valence electrons. The summed E-state index contributed by atoms with van der Waals surface area (Å²) in [6.07, 6.45) is 0.175. The zero-order valence-corrected chi connectivity index (χ0v) is 19.3. The molecule has 3 rings (SSSR count). The summed E-state index contributed by atoms with van der Waals surface area (Å²) >= 11 is 0. The van der Waals surface area contributed by atoms with Gasteiger partial charge < -0.3 is 4.74 Å². The van der Waals surface area contributed by atoms with Gasteiger partial charge in [0.2, 0.25) is 15.9 Å². The molecule has 1 unspecified atom stereocenters. The van der Waals surface area contributed by atoms with Crippen molar-refractivity contribution in [1.82, 2.24) is 4.31 Å². The molecule has 0 aromatic heterocycles. The van der Waals surface area contributed by atoms with Crippen LogP contribution in [0.4, 0.5) is 5.69 Å². The summed E-state index contributed by atoms with van der Waals surface area (Å²) < 4.78 is 33.3. The van der Waals surface area contributed by atoms with Gasteiger partial charge in [-0.3, -0.25) is 14.4 Å². The van der Waals surface area contributed by atoms with Crippen molar-refractivity contribution in [1.29, 1.82) is 0 Å². The second kappa shape index (κ2) is 8.84. The first-order chi connectivity index (χ1) is 15.0. The Labute approximate surface area is 187 Å². The van der Waals surface area contributed by atoms with Gasteiger partial charge in [-0.15, -0.1) is 0 Å². The van der Waals surface area contributed by atoms with E-state index in [0.29, 0.717) is 6.42 Å². The number of benzene rings is 2. The summed E-state index contributed by atoms with van der Waals surface area (Å²) in [5, 5.41) is 0. The molecule has 8 nitrogen and oxygen atoms in total. The van der Waals surface area contributed by atoms with Crippen LogP contribution in [-0.2, 0) is 24.4 Å². The Kier molecular flexibility index (Phi) is 6.52. The van der Waals surface area contributed by atoms with Gasteiger partial charge in [0, 0.05) is 12.5 Å². The van der Waals surface area contributed by atoms with E-state index in [9.17, 15) is 22.8 Å². The van der Waals surface area contributed by atoms with Crippen LogP contribution in [0.2, 0.25) is 0 Å². The monoisotopic (exact) mass is 458 g/mol. The molecule has 0 N–H and O–H groups in total. The Morgan fingerprint density at radius 1 is 1.09 bits per heavy atom. The Morgan fingerprint density at radius 2 is 1.69 bits per heavy atom. The molecule has 1 heterocycles. The largest absolute Gasteiger partial charge is 0.427 e. The van der Waals surface area contributed by atoms with E-state index in [2.05, 4.69) is 0 Å². The van der Waals surface area contributed by atoms with Crippen molar-refractivity contribution in [2.45, 2.75) is 57.0 Å². The Balaban J connectivity index is 2.00. The average Bonchev–Trinajstić information content (AvgIpc) is 3.02. The van der Waals surface area contributed by atoms with E-state index in [4.69, 9.17) is 4.74 Å². The van der Waals surface area contributed by atoms with E-state index in [-0.39, 0.29) is 22.8 Å². The Hall–Kier alpha value is -3.04. The van der Waals surface area contributed by atoms with Crippen LogP contribution in [-0.4, -0.2) is 42.1 Å². The number of carbonyl (C=O) groups is 3. The minimum absolute atomic E-state index is 0.0611. The number of sulfonamides is 1. The minimum atomic E-state index is -4.06. The molecule has 1 aliphatic rings. The molecular formula is C23H26N2O6S. The molecule has 1 fully saturated rings. The average molecular weight is 459 g/mol. The highest BCUT2D eigenvalue weighted by Gasteiger charge is 2.51. The van der Waals surface area contributed by atoms with Crippen molar-refractivity contribution in [3.05, 3.63) is 54.6 Å². The first-order valence-electron chi connectivity index (χ1n) is 10.2. The molecule has 2 aromatic rings. The molecule has 2 amide bonds. The van der Waals surface area contributed by atoms with E-state index in [1.54, 1.807) is 32.0 Å². The quantitative estimate of drug-likeness (QED) is 0.359. The van der Waals surface area contributed by atoms with Crippen molar-refractivity contribution >= 4 is 33.5 Å². The maximum Gasteiger partial charge on any atom is 0.308 e. The van der Waals surface area contributed by atoms with Gasteiger partial charge in [0.05, 0.1) is 17.0 Å². The van der Waals surface area contributed by atoms with Crippen LogP contribution in [0.15, 0.2) is 59.5 Å². The first-order valence-corrected chi connectivity index (χ1v) is 11.7. The number of imide groups is 1. The number of carbonyl (C=O) groups excluding carboxylic acids is 3. The van der Waals surface area contributed by atoms with E-state index in [1.807, 2.05) is 6.92 Å². The molecule has 0 aliphatic carbocycles. The molecule has 2 aromatic carbocycles. The van der Waals surface area contributed by atoms with Gasteiger partial charge in [0.15, 0.2) is 0 Å². The number of anilines is 1. The van der Waals surface area contributed by atoms with Gasteiger partial charge in [0.25, 0.3) is 5.91 Å². The Morgan fingerprint density at radius 3 is 2.22 bits per heavy atom. The normalized spacial score (nSPS) is 17.2. The van der Waals surface area contributed by atoms with Crippen molar-refractivity contribution < 1.29 is 27.5 Å². The zero-order chi connectivity index (χ0) is 23.7. The second-order valence-corrected chi connectivity index (χ2v) is 9.97. The van der Waals surface area contributed by atoms with Gasteiger partial charge in [-0.05, 0) is 56.7 Å². The van der Waals surface area contributed by atoms with E-state index in [1.165, 1.54) is 47.6 Å². The lowest BCUT2D eigenvalue weighted by atomic mass is 10.00. The molecule has 1 atom stereocenters.